The number of aryl methyl sites for hydroxylation is 2. The first-order valence-electron chi connectivity index (χ1n) is 16.4. The van der Waals surface area contributed by atoms with Crippen molar-refractivity contribution in [2.75, 3.05) is 10.8 Å². The van der Waals surface area contributed by atoms with Crippen LogP contribution in [-0.2, 0) is 32.6 Å². The zero-order chi connectivity index (χ0) is 35.1. The molecule has 4 aromatic carbocycles. The van der Waals surface area contributed by atoms with Crippen LogP contribution in [0.15, 0.2) is 95.9 Å². The fourth-order valence-electron chi connectivity index (χ4n) is 6.18. The van der Waals surface area contributed by atoms with Crippen molar-refractivity contribution < 1.29 is 18.0 Å². The Balaban J connectivity index is 1.59. The van der Waals surface area contributed by atoms with Gasteiger partial charge in [-0.3, -0.25) is 13.9 Å². The molecule has 0 aliphatic heterocycles. The molecule has 1 aliphatic carbocycles. The normalized spacial score (nSPS) is 14.2. The molecule has 0 bridgehead atoms. The third-order valence-electron chi connectivity index (χ3n) is 8.87. The molecule has 1 fully saturated rings. The highest BCUT2D eigenvalue weighted by molar-refractivity contribution is 7.92. The van der Waals surface area contributed by atoms with Crippen LogP contribution in [0.4, 0.5) is 5.69 Å². The zero-order valence-electron chi connectivity index (χ0n) is 27.5. The highest BCUT2D eigenvalue weighted by atomic mass is 35.5. The number of anilines is 1. The molecule has 0 radical (unpaired) electrons. The summed E-state index contributed by atoms with van der Waals surface area (Å²) in [6.07, 6.45) is 5.11. The molecule has 5 rings (SSSR count). The van der Waals surface area contributed by atoms with Gasteiger partial charge in [-0.1, -0.05) is 108 Å². The number of hydrogen-bond acceptors (Lipinski definition) is 4. The Kier molecular flexibility index (Phi) is 12.3. The first-order valence-corrected chi connectivity index (χ1v) is 18.9. The van der Waals surface area contributed by atoms with Crippen molar-refractivity contribution in [3.8, 4) is 0 Å². The van der Waals surface area contributed by atoms with Crippen molar-refractivity contribution >= 4 is 62.3 Å². The summed E-state index contributed by atoms with van der Waals surface area (Å²) in [6, 6.07) is 24.9. The summed E-state index contributed by atoms with van der Waals surface area (Å²) in [5.74, 6) is -0.851. The minimum absolute atomic E-state index is 0.00316. The second-order valence-corrected chi connectivity index (χ2v) is 15.7. The summed E-state index contributed by atoms with van der Waals surface area (Å²) in [5, 5.41) is 4.31. The largest absolute Gasteiger partial charge is 0.352 e. The average molecular weight is 741 g/mol. The number of amides is 2. The number of rotatable bonds is 12. The van der Waals surface area contributed by atoms with E-state index in [-0.39, 0.29) is 29.8 Å². The molecule has 0 spiro atoms. The Morgan fingerprint density at radius 1 is 0.816 bits per heavy atom. The molecule has 0 saturated heterocycles. The standard InChI is InChI=1S/C38H40Cl3N3O4S/c1-26-13-17-32(18-14-26)49(47,48)44(35-20-16-30(39)21-27(35)2)25-37(45)43(24-29-15-19-33(40)34(41)22-29)36(23-28-9-5-3-6-10-28)38(46)42-31-11-7-4-8-12-31/h3,5-6,9-10,13-22,31,36H,4,7-8,11-12,23-25H2,1-2H3,(H,42,46)/t36-/m0/s1. The Labute approximate surface area is 304 Å². The molecule has 258 valence electrons. The minimum Gasteiger partial charge on any atom is -0.352 e. The molecule has 11 heteroatoms. The van der Waals surface area contributed by atoms with Crippen LogP contribution in [0.3, 0.4) is 0 Å². The number of nitrogens with zero attached hydrogens (tertiary/aromatic N) is 2. The smallest absolute Gasteiger partial charge is 0.264 e. The Bertz CT molecular complexity index is 1880. The number of carbonyl (C=O) groups excluding carboxylic acids is 2. The predicted molar refractivity (Wildman–Crippen MR) is 198 cm³/mol. The highest BCUT2D eigenvalue weighted by Crippen LogP contribution is 2.30. The number of nitrogens with one attached hydrogen (secondary N) is 1. The summed E-state index contributed by atoms with van der Waals surface area (Å²) in [5.41, 5.74) is 3.27. The van der Waals surface area contributed by atoms with Gasteiger partial charge in [-0.15, -0.1) is 0 Å². The van der Waals surface area contributed by atoms with Gasteiger partial charge in [0.1, 0.15) is 12.6 Å². The molecule has 7 nitrogen and oxygen atoms in total. The van der Waals surface area contributed by atoms with E-state index in [1.165, 1.54) is 17.0 Å². The predicted octanol–water partition coefficient (Wildman–Crippen LogP) is 8.55. The van der Waals surface area contributed by atoms with Crippen molar-refractivity contribution in [1.29, 1.82) is 0 Å². The van der Waals surface area contributed by atoms with Gasteiger partial charge in [0.25, 0.3) is 10.0 Å². The fraction of sp³-hybridized carbons (Fsp3) is 0.316. The average Bonchev–Trinajstić information content (AvgIpc) is 3.08. The van der Waals surface area contributed by atoms with Gasteiger partial charge in [0, 0.05) is 24.0 Å². The Morgan fingerprint density at radius 2 is 1.51 bits per heavy atom. The van der Waals surface area contributed by atoms with Crippen LogP contribution in [0, 0.1) is 13.8 Å². The lowest BCUT2D eigenvalue weighted by Crippen LogP contribution is -2.55. The SMILES string of the molecule is Cc1ccc(S(=O)(=O)N(CC(=O)N(Cc2ccc(Cl)c(Cl)c2)[C@@H](Cc2ccccc2)C(=O)NC2CCCCC2)c2ccc(Cl)cc2C)cc1. The van der Waals surface area contributed by atoms with E-state index in [4.69, 9.17) is 34.8 Å². The van der Waals surface area contributed by atoms with Gasteiger partial charge < -0.3 is 10.2 Å². The van der Waals surface area contributed by atoms with Crippen LogP contribution in [0.1, 0.15) is 54.4 Å². The van der Waals surface area contributed by atoms with Gasteiger partial charge in [-0.05, 0) is 85.8 Å². The molecular weight excluding hydrogens is 701 g/mol. The van der Waals surface area contributed by atoms with E-state index >= 15 is 0 Å². The van der Waals surface area contributed by atoms with Gasteiger partial charge in [0.2, 0.25) is 11.8 Å². The maximum absolute atomic E-state index is 14.8. The van der Waals surface area contributed by atoms with Gasteiger partial charge in [-0.25, -0.2) is 8.42 Å². The fourth-order valence-corrected chi connectivity index (χ4v) is 8.21. The van der Waals surface area contributed by atoms with Crippen LogP contribution in [0.5, 0.6) is 0 Å². The van der Waals surface area contributed by atoms with Crippen LogP contribution in [0.25, 0.3) is 0 Å². The third kappa shape index (κ3) is 9.37. The van der Waals surface area contributed by atoms with Gasteiger partial charge in [0.05, 0.1) is 20.6 Å². The van der Waals surface area contributed by atoms with E-state index in [1.54, 1.807) is 55.5 Å². The summed E-state index contributed by atoms with van der Waals surface area (Å²) < 4.78 is 29.8. The van der Waals surface area contributed by atoms with Crippen LogP contribution >= 0.6 is 34.8 Å². The molecule has 2 amide bonds. The highest BCUT2D eigenvalue weighted by Gasteiger charge is 2.36. The van der Waals surface area contributed by atoms with Crippen LogP contribution in [-0.4, -0.2) is 43.8 Å². The lowest BCUT2D eigenvalue weighted by atomic mass is 9.94. The quantitative estimate of drug-likeness (QED) is 0.158. The topological polar surface area (TPSA) is 86.8 Å². The second kappa shape index (κ2) is 16.4. The molecule has 1 saturated carbocycles. The Morgan fingerprint density at radius 3 is 2.16 bits per heavy atom. The molecule has 0 heterocycles. The summed E-state index contributed by atoms with van der Waals surface area (Å²) in [4.78, 5) is 30.5. The van der Waals surface area contributed by atoms with E-state index in [1.807, 2.05) is 37.3 Å². The van der Waals surface area contributed by atoms with Gasteiger partial charge >= 0.3 is 0 Å². The zero-order valence-corrected chi connectivity index (χ0v) is 30.6. The maximum Gasteiger partial charge on any atom is 0.264 e. The van der Waals surface area contributed by atoms with Crippen LogP contribution < -0.4 is 9.62 Å². The van der Waals surface area contributed by atoms with E-state index in [9.17, 15) is 18.0 Å². The number of halogens is 3. The Hall–Kier alpha value is -3.56. The van der Waals surface area contributed by atoms with Crippen molar-refractivity contribution in [2.24, 2.45) is 0 Å². The second-order valence-electron chi connectivity index (χ2n) is 12.6. The number of carbonyl (C=O) groups is 2. The molecular formula is C38H40Cl3N3O4S. The van der Waals surface area contributed by atoms with Crippen molar-refractivity contribution in [2.45, 2.75) is 75.9 Å². The molecule has 1 atom stereocenters. The first-order chi connectivity index (χ1) is 23.4. The summed E-state index contributed by atoms with van der Waals surface area (Å²) in [7, 11) is -4.24. The minimum atomic E-state index is -4.24. The van der Waals surface area contributed by atoms with E-state index in [2.05, 4.69) is 5.32 Å². The van der Waals surface area contributed by atoms with Gasteiger partial charge in [0.15, 0.2) is 0 Å². The van der Waals surface area contributed by atoms with Crippen LogP contribution in [0.2, 0.25) is 15.1 Å². The summed E-state index contributed by atoms with van der Waals surface area (Å²) in [6.45, 7) is 3.03. The molecule has 4 aromatic rings. The van der Waals surface area contributed by atoms with Crippen molar-refractivity contribution in [3.05, 3.63) is 128 Å². The molecule has 0 unspecified atom stereocenters. The first kappa shape index (κ1) is 36.7. The number of hydrogen-bond donors (Lipinski definition) is 1. The third-order valence-corrected chi connectivity index (χ3v) is 11.6. The van der Waals surface area contributed by atoms with E-state index in [0.29, 0.717) is 31.9 Å². The maximum atomic E-state index is 14.8. The lowest BCUT2D eigenvalue weighted by Gasteiger charge is -2.35. The summed E-state index contributed by atoms with van der Waals surface area (Å²) >= 11 is 18.9. The van der Waals surface area contributed by atoms with Gasteiger partial charge in [-0.2, -0.15) is 0 Å². The van der Waals surface area contributed by atoms with Crippen molar-refractivity contribution in [1.82, 2.24) is 10.2 Å². The number of benzene rings is 4. The molecule has 0 aromatic heterocycles. The molecule has 1 N–H and O–H groups in total. The molecule has 1 aliphatic rings. The monoisotopic (exact) mass is 739 g/mol. The van der Waals surface area contributed by atoms with E-state index < -0.39 is 28.5 Å². The molecule has 49 heavy (non-hydrogen) atoms. The number of sulfonamides is 1. The van der Waals surface area contributed by atoms with Crippen molar-refractivity contribution in [3.63, 3.8) is 0 Å². The van der Waals surface area contributed by atoms with E-state index in [0.717, 1.165) is 47.5 Å². The lowest BCUT2D eigenvalue weighted by molar-refractivity contribution is -0.140.